The molecular weight excluding hydrogens is 279 g/mol. The van der Waals surface area contributed by atoms with Gasteiger partial charge in [-0.25, -0.2) is 0 Å². The van der Waals surface area contributed by atoms with Crippen molar-refractivity contribution in [3.8, 4) is 0 Å². The van der Waals surface area contributed by atoms with E-state index in [0.29, 0.717) is 4.47 Å². The highest BCUT2D eigenvalue weighted by Crippen LogP contribution is 2.38. The van der Waals surface area contributed by atoms with Crippen LogP contribution in [0.5, 0.6) is 0 Å². The zero-order valence-electron chi connectivity index (χ0n) is 7.59. The normalized spacial score (nSPS) is 11.9. The molecule has 0 saturated heterocycles. The summed E-state index contributed by atoms with van der Waals surface area (Å²) in [6.45, 7) is 0. The van der Waals surface area contributed by atoms with Crippen molar-refractivity contribution in [3.63, 3.8) is 0 Å². The Morgan fingerprint density at radius 2 is 1.73 bits per heavy atom. The molecule has 0 saturated carbocycles. The van der Waals surface area contributed by atoms with Gasteiger partial charge in [0.1, 0.15) is 0 Å². The van der Waals surface area contributed by atoms with Gasteiger partial charge in [0.2, 0.25) is 0 Å². The van der Waals surface area contributed by atoms with Crippen LogP contribution in [-0.4, -0.2) is 9.79 Å². The van der Waals surface area contributed by atoms with E-state index in [1.165, 1.54) is 6.07 Å². The Morgan fingerprint density at radius 1 is 1.07 bits per heavy atom. The van der Waals surface area contributed by atoms with Gasteiger partial charge < -0.3 is 9.79 Å². The van der Waals surface area contributed by atoms with Crippen LogP contribution >= 0.6 is 23.5 Å². The average Bonchev–Trinajstić information content (AvgIpc) is 2.16. The molecule has 0 amide bonds. The Balaban J connectivity index is 2.82. The van der Waals surface area contributed by atoms with Crippen LogP contribution in [0.2, 0.25) is 0 Å². The Morgan fingerprint density at radius 3 is 2.40 bits per heavy atom. The molecule has 0 aliphatic heterocycles. The van der Waals surface area contributed by atoms with Crippen LogP contribution in [0.3, 0.4) is 0 Å². The minimum absolute atomic E-state index is 0.0289. The highest BCUT2D eigenvalue weighted by Gasteiger charge is 2.21. The summed E-state index contributed by atoms with van der Waals surface area (Å²) in [5.74, 6) is 0. The van der Waals surface area contributed by atoms with Crippen molar-refractivity contribution >= 4 is 39.6 Å². The van der Waals surface area contributed by atoms with E-state index in [1.807, 2.05) is 24.3 Å². The smallest absolute Gasteiger partial charge is 0.321 e. The fourth-order valence-electron chi connectivity index (χ4n) is 1.45. The monoisotopic (exact) mass is 286 g/mol. The van der Waals surface area contributed by atoms with E-state index in [9.17, 15) is 4.57 Å². The van der Waals surface area contributed by atoms with Crippen LogP contribution in [0.1, 0.15) is 0 Å². The first-order chi connectivity index (χ1) is 7.00. The number of hydrogen-bond donors (Lipinski definition) is 2. The molecule has 0 aromatic heterocycles. The van der Waals surface area contributed by atoms with Crippen LogP contribution < -0.4 is 5.30 Å². The third-order valence-corrected chi connectivity index (χ3v) is 4.32. The minimum atomic E-state index is -4.21. The lowest BCUT2D eigenvalue weighted by Gasteiger charge is -2.08. The average molecular weight is 287 g/mol. The second-order valence-electron chi connectivity index (χ2n) is 3.16. The van der Waals surface area contributed by atoms with E-state index in [-0.39, 0.29) is 5.30 Å². The summed E-state index contributed by atoms with van der Waals surface area (Å²) in [5, 5.41) is 1.78. The van der Waals surface area contributed by atoms with Gasteiger partial charge in [0.15, 0.2) is 0 Å². The van der Waals surface area contributed by atoms with E-state index in [1.54, 1.807) is 6.07 Å². The van der Waals surface area contributed by atoms with Crippen molar-refractivity contribution in [2.75, 3.05) is 0 Å². The van der Waals surface area contributed by atoms with Crippen LogP contribution in [0, 0.1) is 0 Å². The first-order valence-electron chi connectivity index (χ1n) is 4.23. The number of benzene rings is 2. The molecule has 0 heterocycles. The molecule has 2 aromatic carbocycles. The molecule has 2 rings (SSSR count). The van der Waals surface area contributed by atoms with E-state index in [2.05, 4.69) is 15.9 Å². The van der Waals surface area contributed by atoms with Gasteiger partial charge >= 0.3 is 7.60 Å². The molecule has 5 heteroatoms. The number of rotatable bonds is 1. The molecule has 0 spiro atoms. The molecule has 78 valence electrons. The van der Waals surface area contributed by atoms with Gasteiger partial charge in [0.25, 0.3) is 0 Å². The van der Waals surface area contributed by atoms with Crippen LogP contribution in [-0.2, 0) is 4.57 Å². The first kappa shape index (κ1) is 10.8. The van der Waals surface area contributed by atoms with E-state index in [0.717, 1.165) is 10.8 Å². The van der Waals surface area contributed by atoms with Gasteiger partial charge in [-0.2, -0.15) is 0 Å². The van der Waals surface area contributed by atoms with Crippen LogP contribution in [0.15, 0.2) is 40.9 Å². The summed E-state index contributed by atoms with van der Waals surface area (Å²) in [7, 11) is -4.21. The Kier molecular flexibility index (Phi) is 2.69. The summed E-state index contributed by atoms with van der Waals surface area (Å²) in [5.41, 5.74) is 0. The lowest BCUT2D eigenvalue weighted by Crippen LogP contribution is -2.05. The Labute approximate surface area is 95.0 Å². The minimum Gasteiger partial charge on any atom is -0.321 e. The molecule has 0 bridgehead atoms. The van der Waals surface area contributed by atoms with E-state index in [4.69, 9.17) is 9.79 Å². The van der Waals surface area contributed by atoms with Gasteiger partial charge in [-0.3, -0.25) is 4.57 Å². The Hall–Kier alpha value is -0.670. The topological polar surface area (TPSA) is 57.5 Å². The molecule has 2 N–H and O–H groups in total. The van der Waals surface area contributed by atoms with Crippen LogP contribution in [0.4, 0.5) is 0 Å². The Bertz CT molecular complexity index is 562. The quantitative estimate of drug-likeness (QED) is 0.792. The summed E-state index contributed by atoms with van der Waals surface area (Å²) >= 11 is 3.23. The molecule has 0 aliphatic rings. The first-order valence-corrected chi connectivity index (χ1v) is 6.64. The van der Waals surface area contributed by atoms with Crippen molar-refractivity contribution in [2.45, 2.75) is 0 Å². The second-order valence-corrected chi connectivity index (χ2v) is 5.53. The van der Waals surface area contributed by atoms with Crippen molar-refractivity contribution in [1.82, 2.24) is 0 Å². The fraction of sp³-hybridized carbons (Fsp3) is 0. The van der Waals surface area contributed by atoms with Gasteiger partial charge in [-0.15, -0.1) is 0 Å². The van der Waals surface area contributed by atoms with Crippen molar-refractivity contribution in [2.24, 2.45) is 0 Å². The summed E-state index contributed by atoms with van der Waals surface area (Å²) < 4.78 is 11.6. The van der Waals surface area contributed by atoms with Gasteiger partial charge in [-0.05, 0) is 32.8 Å². The molecule has 0 radical (unpaired) electrons. The summed E-state index contributed by atoms with van der Waals surface area (Å²) in [4.78, 5) is 18.2. The maximum absolute atomic E-state index is 11.2. The molecule has 0 atom stereocenters. The predicted molar refractivity (Wildman–Crippen MR) is 63.3 cm³/mol. The van der Waals surface area contributed by atoms with Gasteiger partial charge in [0.05, 0.1) is 5.30 Å². The third kappa shape index (κ3) is 1.99. The zero-order chi connectivity index (χ0) is 11.1. The van der Waals surface area contributed by atoms with Crippen LogP contribution in [0.25, 0.3) is 10.8 Å². The number of fused-ring (bicyclic) bond motifs is 1. The molecule has 0 aliphatic carbocycles. The maximum Gasteiger partial charge on any atom is 0.357 e. The van der Waals surface area contributed by atoms with Gasteiger partial charge in [0, 0.05) is 4.47 Å². The molecule has 15 heavy (non-hydrogen) atoms. The van der Waals surface area contributed by atoms with E-state index < -0.39 is 7.60 Å². The molecule has 2 aromatic rings. The standard InChI is InChI=1S/C10H8BrO3P/c11-10-8-4-2-1-3-7(8)5-6-9(10)15(12,13)14/h1-6H,(H2,12,13,14). The maximum atomic E-state index is 11.2. The fourth-order valence-corrected chi connectivity index (χ4v) is 3.28. The lowest BCUT2D eigenvalue weighted by atomic mass is 10.1. The van der Waals surface area contributed by atoms with Gasteiger partial charge in [-0.1, -0.05) is 30.3 Å². The molecular formula is C10H8BrO3P. The summed E-state index contributed by atoms with van der Waals surface area (Å²) in [6.07, 6.45) is 0. The highest BCUT2D eigenvalue weighted by atomic mass is 79.9. The molecule has 0 fully saturated rings. The summed E-state index contributed by atoms with van der Waals surface area (Å²) in [6, 6.07) is 10.6. The molecule has 0 unspecified atom stereocenters. The SMILES string of the molecule is O=P(O)(O)c1ccc2ccccc2c1Br. The number of hydrogen-bond acceptors (Lipinski definition) is 1. The van der Waals surface area contributed by atoms with E-state index >= 15 is 0 Å². The number of halogens is 1. The second kappa shape index (κ2) is 3.72. The zero-order valence-corrected chi connectivity index (χ0v) is 10.1. The lowest BCUT2D eigenvalue weighted by molar-refractivity contribution is 0.387. The third-order valence-electron chi connectivity index (χ3n) is 2.16. The predicted octanol–water partition coefficient (Wildman–Crippen LogP) is 2.41. The van der Waals surface area contributed by atoms with Crippen molar-refractivity contribution in [3.05, 3.63) is 40.9 Å². The highest BCUT2D eigenvalue weighted by molar-refractivity contribution is 9.11. The largest absolute Gasteiger partial charge is 0.357 e. The van der Waals surface area contributed by atoms with Crippen molar-refractivity contribution < 1.29 is 14.4 Å². The van der Waals surface area contributed by atoms with Crippen molar-refractivity contribution in [1.29, 1.82) is 0 Å². The molecule has 3 nitrogen and oxygen atoms in total.